The van der Waals surface area contributed by atoms with Crippen molar-refractivity contribution in [3.05, 3.63) is 29.6 Å². The van der Waals surface area contributed by atoms with Crippen LogP contribution < -0.4 is 5.32 Å². The van der Waals surface area contributed by atoms with Crippen LogP contribution in [-0.4, -0.2) is 18.1 Å². The molecule has 1 aromatic heterocycles. The van der Waals surface area contributed by atoms with Crippen molar-refractivity contribution < 1.29 is 0 Å². The monoisotopic (exact) mass is 288 g/mol. The van der Waals surface area contributed by atoms with Gasteiger partial charge < -0.3 is 5.32 Å². The zero-order valence-electron chi connectivity index (χ0n) is 14.3. The predicted octanol–water partition coefficient (Wildman–Crippen LogP) is 4.24. The summed E-state index contributed by atoms with van der Waals surface area (Å²) in [5.41, 5.74) is 3.11. The van der Waals surface area contributed by atoms with Crippen molar-refractivity contribution in [2.75, 3.05) is 13.1 Å². The maximum Gasteiger partial charge on any atom is 0.0406 e. The van der Waals surface area contributed by atoms with Gasteiger partial charge in [-0.2, -0.15) is 0 Å². The van der Waals surface area contributed by atoms with E-state index >= 15 is 0 Å². The predicted molar refractivity (Wildman–Crippen MR) is 90.5 cm³/mol. The first-order chi connectivity index (χ1) is 10.0. The van der Waals surface area contributed by atoms with Crippen molar-refractivity contribution >= 4 is 0 Å². The average Bonchev–Trinajstić information content (AvgIpc) is 2.47. The maximum absolute atomic E-state index is 4.69. The van der Waals surface area contributed by atoms with Crippen LogP contribution in [0, 0.1) is 17.3 Å². The van der Waals surface area contributed by atoms with Crippen molar-refractivity contribution in [1.29, 1.82) is 0 Å². The second-order valence-electron chi connectivity index (χ2n) is 7.45. The highest BCUT2D eigenvalue weighted by Gasteiger charge is 2.34. The quantitative estimate of drug-likeness (QED) is 0.847. The molecule has 1 N–H and O–H groups in total. The van der Waals surface area contributed by atoms with E-state index in [0.29, 0.717) is 5.41 Å². The second kappa shape index (κ2) is 7.40. The zero-order chi connectivity index (χ0) is 15.3. The van der Waals surface area contributed by atoms with E-state index in [1.807, 2.05) is 0 Å². The molecule has 1 aliphatic rings. The molecule has 1 heterocycles. The SMILES string of the molecule is CCNCC1CCC(C)(C)CC1Cc1ccc(CC)cn1. The van der Waals surface area contributed by atoms with E-state index in [-0.39, 0.29) is 0 Å². The van der Waals surface area contributed by atoms with Crippen LogP contribution >= 0.6 is 0 Å². The summed E-state index contributed by atoms with van der Waals surface area (Å²) in [5, 5.41) is 3.56. The fraction of sp³-hybridized carbons (Fsp3) is 0.737. The Bertz CT molecular complexity index is 422. The smallest absolute Gasteiger partial charge is 0.0406 e. The number of nitrogens with one attached hydrogen (secondary N) is 1. The number of aromatic nitrogens is 1. The number of rotatable bonds is 6. The molecule has 0 aliphatic heterocycles. The molecule has 1 aliphatic carbocycles. The van der Waals surface area contributed by atoms with Crippen molar-refractivity contribution in [1.82, 2.24) is 10.3 Å². The summed E-state index contributed by atoms with van der Waals surface area (Å²) in [7, 11) is 0. The van der Waals surface area contributed by atoms with Crippen LogP contribution in [0.25, 0.3) is 0 Å². The summed E-state index contributed by atoms with van der Waals surface area (Å²) in [6.07, 6.45) is 8.33. The van der Waals surface area contributed by atoms with E-state index in [4.69, 9.17) is 0 Å². The van der Waals surface area contributed by atoms with Gasteiger partial charge >= 0.3 is 0 Å². The highest BCUT2D eigenvalue weighted by atomic mass is 14.8. The highest BCUT2D eigenvalue weighted by Crippen LogP contribution is 2.42. The van der Waals surface area contributed by atoms with Gasteiger partial charge in [-0.15, -0.1) is 0 Å². The molecule has 1 aromatic rings. The molecule has 118 valence electrons. The van der Waals surface area contributed by atoms with Crippen LogP contribution in [0.1, 0.15) is 58.2 Å². The third-order valence-electron chi connectivity index (χ3n) is 5.10. The molecular formula is C19H32N2. The molecule has 0 aromatic carbocycles. The lowest BCUT2D eigenvalue weighted by atomic mass is 9.66. The summed E-state index contributed by atoms with van der Waals surface area (Å²) in [5.74, 6) is 1.58. The molecule has 0 amide bonds. The Hall–Kier alpha value is -0.890. The van der Waals surface area contributed by atoms with Gasteiger partial charge in [0.15, 0.2) is 0 Å². The molecule has 2 unspecified atom stereocenters. The lowest BCUT2D eigenvalue weighted by Gasteiger charge is -2.41. The van der Waals surface area contributed by atoms with E-state index in [1.54, 1.807) is 0 Å². The Labute approximate surface area is 130 Å². The number of aryl methyl sites for hydroxylation is 1. The minimum absolute atomic E-state index is 0.497. The Morgan fingerprint density at radius 1 is 1.24 bits per heavy atom. The molecule has 2 rings (SSSR count). The Kier molecular flexibility index (Phi) is 5.80. The van der Waals surface area contributed by atoms with Crippen molar-refractivity contribution in [2.45, 2.75) is 59.8 Å². The first-order valence-electron chi connectivity index (χ1n) is 8.68. The summed E-state index contributed by atoms with van der Waals surface area (Å²) in [6.45, 7) is 11.5. The van der Waals surface area contributed by atoms with Gasteiger partial charge in [-0.25, -0.2) is 0 Å². The normalized spacial score (nSPS) is 25.0. The average molecular weight is 288 g/mol. The molecule has 2 nitrogen and oxygen atoms in total. The Morgan fingerprint density at radius 3 is 2.67 bits per heavy atom. The largest absolute Gasteiger partial charge is 0.317 e. The number of nitrogens with zero attached hydrogens (tertiary/aromatic N) is 1. The number of hydrogen-bond acceptors (Lipinski definition) is 2. The van der Waals surface area contributed by atoms with Crippen molar-refractivity contribution in [3.63, 3.8) is 0 Å². The number of hydrogen-bond donors (Lipinski definition) is 1. The number of pyridine rings is 1. The summed E-state index contributed by atoms with van der Waals surface area (Å²) in [4.78, 5) is 4.69. The van der Waals surface area contributed by atoms with Gasteiger partial charge in [0, 0.05) is 11.9 Å². The van der Waals surface area contributed by atoms with Gasteiger partial charge in [-0.05, 0) is 74.1 Å². The van der Waals surface area contributed by atoms with Gasteiger partial charge in [0.25, 0.3) is 0 Å². The second-order valence-corrected chi connectivity index (χ2v) is 7.45. The molecule has 21 heavy (non-hydrogen) atoms. The molecule has 2 atom stereocenters. The molecule has 0 bridgehead atoms. The van der Waals surface area contributed by atoms with Gasteiger partial charge in [-0.3, -0.25) is 4.98 Å². The molecule has 1 saturated carbocycles. The van der Waals surface area contributed by atoms with E-state index in [0.717, 1.165) is 31.2 Å². The van der Waals surface area contributed by atoms with Crippen molar-refractivity contribution in [2.24, 2.45) is 17.3 Å². The van der Waals surface area contributed by atoms with Crippen LogP contribution in [-0.2, 0) is 12.8 Å². The maximum atomic E-state index is 4.69. The van der Waals surface area contributed by atoms with Gasteiger partial charge in [0.1, 0.15) is 0 Å². The van der Waals surface area contributed by atoms with Gasteiger partial charge in [-0.1, -0.05) is 33.8 Å². The van der Waals surface area contributed by atoms with Crippen LogP contribution in [0.4, 0.5) is 0 Å². The highest BCUT2D eigenvalue weighted by molar-refractivity contribution is 5.14. The van der Waals surface area contributed by atoms with Crippen LogP contribution in [0.3, 0.4) is 0 Å². The lowest BCUT2D eigenvalue weighted by Crippen LogP contribution is -2.37. The first-order valence-corrected chi connectivity index (χ1v) is 8.68. The lowest BCUT2D eigenvalue weighted by molar-refractivity contribution is 0.115. The van der Waals surface area contributed by atoms with E-state index in [1.165, 1.54) is 37.1 Å². The summed E-state index contributed by atoms with van der Waals surface area (Å²) < 4.78 is 0. The molecule has 0 saturated heterocycles. The Balaban J connectivity index is 2.03. The molecule has 1 fully saturated rings. The van der Waals surface area contributed by atoms with E-state index in [2.05, 4.69) is 56.3 Å². The molecule has 2 heteroatoms. The fourth-order valence-electron chi connectivity index (χ4n) is 3.68. The van der Waals surface area contributed by atoms with E-state index in [9.17, 15) is 0 Å². The van der Waals surface area contributed by atoms with Gasteiger partial charge in [0.2, 0.25) is 0 Å². The summed E-state index contributed by atoms with van der Waals surface area (Å²) >= 11 is 0. The topological polar surface area (TPSA) is 24.9 Å². The van der Waals surface area contributed by atoms with E-state index < -0.39 is 0 Å². The molecular weight excluding hydrogens is 256 g/mol. The molecule has 0 radical (unpaired) electrons. The minimum Gasteiger partial charge on any atom is -0.317 e. The van der Waals surface area contributed by atoms with Crippen molar-refractivity contribution in [3.8, 4) is 0 Å². The third-order valence-corrected chi connectivity index (χ3v) is 5.10. The fourth-order valence-corrected chi connectivity index (χ4v) is 3.68. The zero-order valence-corrected chi connectivity index (χ0v) is 14.3. The molecule has 0 spiro atoms. The standard InChI is InChI=1S/C19H32N2/c1-5-15-7-8-18(21-13-15)11-17-12-19(3,4)10-9-16(17)14-20-6-2/h7-8,13,16-17,20H,5-6,9-12,14H2,1-4H3. The Morgan fingerprint density at radius 2 is 2.05 bits per heavy atom. The van der Waals surface area contributed by atoms with Crippen LogP contribution in [0.2, 0.25) is 0 Å². The van der Waals surface area contributed by atoms with Crippen LogP contribution in [0.15, 0.2) is 18.3 Å². The third kappa shape index (κ3) is 4.81. The van der Waals surface area contributed by atoms with Crippen LogP contribution in [0.5, 0.6) is 0 Å². The first kappa shape index (κ1) is 16.5. The summed E-state index contributed by atoms with van der Waals surface area (Å²) in [6, 6.07) is 4.49. The minimum atomic E-state index is 0.497. The van der Waals surface area contributed by atoms with Gasteiger partial charge in [0.05, 0.1) is 0 Å².